The van der Waals surface area contributed by atoms with Crippen LogP contribution >= 0.6 is 0 Å². The molecule has 0 spiro atoms. The van der Waals surface area contributed by atoms with E-state index in [1.165, 1.54) is 23.4 Å². The number of ether oxygens (including phenoxy) is 2. The monoisotopic (exact) mass is 400 g/mol. The molecule has 0 fully saturated rings. The molecule has 3 rings (SSSR count). The summed E-state index contributed by atoms with van der Waals surface area (Å²) in [5, 5.41) is 7.99. The number of carbonyl (C=O) groups is 4. The maximum atomic E-state index is 12.4. The first-order chi connectivity index (χ1) is 13.9. The Morgan fingerprint density at radius 3 is 2.10 bits per heavy atom. The fourth-order valence-electron chi connectivity index (χ4n) is 2.98. The molecule has 2 heterocycles. The van der Waals surface area contributed by atoms with Gasteiger partial charge in [0, 0.05) is 26.9 Å². The lowest BCUT2D eigenvalue weighted by Gasteiger charge is -2.14. The fourth-order valence-corrected chi connectivity index (χ4v) is 2.98. The Kier molecular flexibility index (Phi) is 6.01. The number of nitrogens with zero attached hydrogens (tertiary/aromatic N) is 4. The zero-order valence-corrected chi connectivity index (χ0v) is 16.1. The van der Waals surface area contributed by atoms with Gasteiger partial charge in [0.25, 0.3) is 11.8 Å². The lowest BCUT2D eigenvalue weighted by Crippen LogP contribution is -2.31. The average molecular weight is 400 g/mol. The highest BCUT2D eigenvalue weighted by Crippen LogP contribution is 2.22. The summed E-state index contributed by atoms with van der Waals surface area (Å²) in [6, 6.07) is 6.70. The maximum Gasteiger partial charge on any atom is 0.303 e. The molecule has 152 valence electrons. The van der Waals surface area contributed by atoms with Crippen molar-refractivity contribution in [2.45, 2.75) is 40.0 Å². The van der Waals surface area contributed by atoms with Gasteiger partial charge in [-0.25, -0.2) is 4.68 Å². The van der Waals surface area contributed by atoms with Crippen molar-refractivity contribution >= 4 is 23.8 Å². The average Bonchev–Trinajstić information content (AvgIpc) is 3.18. The lowest BCUT2D eigenvalue weighted by molar-refractivity contribution is -0.144. The summed E-state index contributed by atoms with van der Waals surface area (Å²) in [5.41, 5.74) is 1.67. The standard InChI is InChI=1S/C19H20N4O6/c1-12(24)28-10-16-17(11-29-13(2)25)23(21-20-16)9-5-8-22-18(26)14-6-3-4-7-15(14)19(22)27/h3-4,6-7H,5,8-11H2,1-2H3. The molecule has 29 heavy (non-hydrogen) atoms. The molecule has 2 aromatic rings. The van der Waals surface area contributed by atoms with Gasteiger partial charge in [0.1, 0.15) is 24.6 Å². The molecule has 0 atom stereocenters. The maximum absolute atomic E-state index is 12.4. The Morgan fingerprint density at radius 2 is 1.52 bits per heavy atom. The molecule has 0 radical (unpaired) electrons. The third kappa shape index (κ3) is 4.48. The van der Waals surface area contributed by atoms with Crippen LogP contribution in [-0.2, 0) is 38.8 Å². The van der Waals surface area contributed by atoms with Gasteiger partial charge in [0.2, 0.25) is 0 Å². The first kappa shape index (κ1) is 20.2. The van der Waals surface area contributed by atoms with E-state index in [1.54, 1.807) is 24.3 Å². The SMILES string of the molecule is CC(=O)OCc1nnn(CCCN2C(=O)c3ccccc3C2=O)c1COC(C)=O. The predicted octanol–water partition coefficient (Wildman–Crippen LogP) is 1.09. The van der Waals surface area contributed by atoms with E-state index < -0.39 is 11.9 Å². The second-order valence-corrected chi connectivity index (χ2v) is 6.43. The number of hydrogen-bond donors (Lipinski definition) is 0. The van der Waals surface area contributed by atoms with Crippen LogP contribution in [0.1, 0.15) is 52.4 Å². The first-order valence-electron chi connectivity index (χ1n) is 9.01. The minimum Gasteiger partial charge on any atom is -0.459 e. The number of fused-ring (bicyclic) bond motifs is 1. The zero-order chi connectivity index (χ0) is 21.0. The van der Waals surface area contributed by atoms with Gasteiger partial charge in [0.15, 0.2) is 0 Å². The molecule has 0 saturated heterocycles. The van der Waals surface area contributed by atoms with Crippen LogP contribution < -0.4 is 0 Å². The normalized spacial score (nSPS) is 12.8. The number of rotatable bonds is 8. The van der Waals surface area contributed by atoms with E-state index in [-0.39, 0.29) is 31.6 Å². The van der Waals surface area contributed by atoms with Crippen molar-refractivity contribution in [2.75, 3.05) is 6.54 Å². The van der Waals surface area contributed by atoms with Gasteiger partial charge in [-0.2, -0.15) is 0 Å². The molecule has 0 unspecified atom stereocenters. The van der Waals surface area contributed by atoms with Crippen LogP contribution in [0.3, 0.4) is 0 Å². The van der Waals surface area contributed by atoms with Gasteiger partial charge in [-0.15, -0.1) is 5.10 Å². The van der Waals surface area contributed by atoms with Crippen LogP contribution in [0.5, 0.6) is 0 Å². The Morgan fingerprint density at radius 1 is 0.931 bits per heavy atom. The van der Waals surface area contributed by atoms with E-state index in [2.05, 4.69) is 10.3 Å². The molecular formula is C19H20N4O6. The van der Waals surface area contributed by atoms with Crippen molar-refractivity contribution in [3.8, 4) is 0 Å². The summed E-state index contributed by atoms with van der Waals surface area (Å²) in [7, 11) is 0. The van der Waals surface area contributed by atoms with Gasteiger partial charge in [-0.1, -0.05) is 17.3 Å². The third-order valence-electron chi connectivity index (χ3n) is 4.37. The van der Waals surface area contributed by atoms with Crippen LogP contribution in [0.25, 0.3) is 0 Å². The number of aromatic nitrogens is 3. The second-order valence-electron chi connectivity index (χ2n) is 6.43. The molecule has 0 bridgehead atoms. The van der Waals surface area contributed by atoms with Crippen molar-refractivity contribution in [1.29, 1.82) is 0 Å². The quantitative estimate of drug-likeness (QED) is 0.477. The summed E-state index contributed by atoms with van der Waals surface area (Å²) in [6.45, 7) is 2.92. The molecule has 0 aliphatic carbocycles. The largest absolute Gasteiger partial charge is 0.459 e. The Balaban J connectivity index is 1.65. The Labute approximate surface area is 166 Å². The van der Waals surface area contributed by atoms with E-state index in [0.717, 1.165) is 0 Å². The summed E-state index contributed by atoms with van der Waals surface area (Å²) < 4.78 is 11.5. The number of hydrogen-bond acceptors (Lipinski definition) is 8. The highest BCUT2D eigenvalue weighted by molar-refractivity contribution is 6.21. The number of benzene rings is 1. The van der Waals surface area contributed by atoms with Crippen molar-refractivity contribution in [2.24, 2.45) is 0 Å². The molecular weight excluding hydrogens is 380 g/mol. The second kappa shape index (κ2) is 8.63. The van der Waals surface area contributed by atoms with E-state index >= 15 is 0 Å². The molecule has 10 heteroatoms. The molecule has 2 amide bonds. The Hall–Kier alpha value is -3.56. The van der Waals surface area contributed by atoms with Crippen molar-refractivity contribution in [3.63, 3.8) is 0 Å². The fraction of sp³-hybridized carbons (Fsp3) is 0.368. The highest BCUT2D eigenvalue weighted by atomic mass is 16.5. The summed E-state index contributed by atoms with van der Waals surface area (Å²) in [6.07, 6.45) is 0.426. The van der Waals surface area contributed by atoms with Crippen LogP contribution in [0.2, 0.25) is 0 Å². The van der Waals surface area contributed by atoms with Gasteiger partial charge in [-0.05, 0) is 18.6 Å². The molecule has 1 aliphatic rings. The number of esters is 2. The van der Waals surface area contributed by atoms with E-state index in [0.29, 0.717) is 35.5 Å². The van der Waals surface area contributed by atoms with Crippen molar-refractivity contribution < 1.29 is 28.7 Å². The van der Waals surface area contributed by atoms with E-state index in [1.807, 2.05) is 0 Å². The smallest absolute Gasteiger partial charge is 0.303 e. The van der Waals surface area contributed by atoms with Crippen LogP contribution in [0.15, 0.2) is 24.3 Å². The first-order valence-corrected chi connectivity index (χ1v) is 9.01. The van der Waals surface area contributed by atoms with Crippen LogP contribution in [-0.4, -0.2) is 50.2 Å². The van der Waals surface area contributed by atoms with Crippen LogP contribution in [0.4, 0.5) is 0 Å². The van der Waals surface area contributed by atoms with Gasteiger partial charge < -0.3 is 9.47 Å². The number of carbonyl (C=O) groups excluding carboxylic acids is 4. The molecule has 0 N–H and O–H groups in total. The molecule has 1 aromatic carbocycles. The number of aryl methyl sites for hydroxylation is 1. The molecule has 1 aliphatic heterocycles. The van der Waals surface area contributed by atoms with Crippen molar-refractivity contribution in [1.82, 2.24) is 19.9 Å². The van der Waals surface area contributed by atoms with Gasteiger partial charge in [-0.3, -0.25) is 24.1 Å². The lowest BCUT2D eigenvalue weighted by atomic mass is 10.1. The zero-order valence-electron chi connectivity index (χ0n) is 16.1. The van der Waals surface area contributed by atoms with Gasteiger partial charge in [0.05, 0.1) is 11.1 Å². The summed E-state index contributed by atoms with van der Waals surface area (Å²) in [5.74, 6) is -1.58. The molecule has 10 nitrogen and oxygen atoms in total. The molecule has 1 aromatic heterocycles. The minimum atomic E-state index is -0.470. The van der Waals surface area contributed by atoms with Gasteiger partial charge >= 0.3 is 11.9 Å². The van der Waals surface area contributed by atoms with Crippen LogP contribution in [0, 0.1) is 0 Å². The summed E-state index contributed by atoms with van der Waals surface area (Å²) in [4.78, 5) is 48.2. The number of imide groups is 1. The predicted molar refractivity (Wildman–Crippen MR) is 97.4 cm³/mol. The van der Waals surface area contributed by atoms with E-state index in [9.17, 15) is 19.2 Å². The molecule has 0 saturated carbocycles. The number of amides is 2. The highest BCUT2D eigenvalue weighted by Gasteiger charge is 2.34. The topological polar surface area (TPSA) is 121 Å². The summed E-state index contributed by atoms with van der Waals surface area (Å²) >= 11 is 0. The minimum absolute atomic E-state index is 0.0774. The van der Waals surface area contributed by atoms with Crippen molar-refractivity contribution in [3.05, 3.63) is 46.8 Å². The van der Waals surface area contributed by atoms with E-state index in [4.69, 9.17) is 9.47 Å². The Bertz CT molecular complexity index is 932. The third-order valence-corrected chi connectivity index (χ3v) is 4.37.